The average molecular weight is 943 g/mol. The Balaban J connectivity index is 1.39. The first-order valence-electron chi connectivity index (χ1n) is 18.2. The first kappa shape index (κ1) is 36.5. The second kappa shape index (κ2) is 12.8. The van der Waals surface area contributed by atoms with Crippen molar-refractivity contribution in [2.45, 2.75) is 55.9 Å². The molecule has 4 aromatic rings. The zero-order valence-corrected chi connectivity index (χ0v) is 37.6. The van der Waals surface area contributed by atoms with Gasteiger partial charge >= 0.3 is 329 Å². The summed E-state index contributed by atoms with van der Waals surface area (Å²) >= 11 is 10.9. The van der Waals surface area contributed by atoms with Gasteiger partial charge in [-0.05, 0) is 0 Å². The minimum absolute atomic E-state index is 0.405. The molecule has 0 aliphatic heterocycles. The molecule has 0 heterocycles. The summed E-state index contributed by atoms with van der Waals surface area (Å²) in [4.78, 5) is 0. The molecule has 0 amide bonds. The SMILES string of the molecule is CCC1(c2cccc3ccccc23)C=C2C=CC=C[C](Cl)([Hf]([Cl])([Cl])(=[Si](C)C)[C]3(Cl)C=CC=CC4=CC(CC)(c5cccc6ccccc56)C=C43)C2=C1. The van der Waals surface area contributed by atoms with Crippen molar-refractivity contribution < 1.29 is 14.8 Å². The van der Waals surface area contributed by atoms with Gasteiger partial charge in [0.05, 0.1) is 0 Å². The van der Waals surface area contributed by atoms with Crippen LogP contribution in [0, 0.1) is 0 Å². The number of rotatable bonds is 6. The Morgan fingerprint density at radius 2 is 0.942 bits per heavy atom. The Labute approximate surface area is 326 Å². The molecule has 4 aliphatic carbocycles. The number of fused-ring (bicyclic) bond motifs is 4. The van der Waals surface area contributed by atoms with Crippen LogP contribution >= 0.6 is 40.4 Å². The molecule has 0 aromatic heterocycles. The zero-order chi connectivity index (χ0) is 36.6. The van der Waals surface area contributed by atoms with Crippen LogP contribution in [0.4, 0.5) is 0 Å². The van der Waals surface area contributed by atoms with Gasteiger partial charge < -0.3 is 0 Å². The van der Waals surface area contributed by atoms with Crippen LogP contribution in [-0.2, 0) is 25.6 Å². The number of allylic oxidation sites excluding steroid dienone is 16. The Hall–Kier alpha value is -2.43. The Kier molecular flexibility index (Phi) is 9.01. The van der Waals surface area contributed by atoms with E-state index < -0.39 is 36.3 Å². The summed E-state index contributed by atoms with van der Waals surface area (Å²) in [5.74, 6) is 0. The molecular formula is C46H42Cl4HfSi. The molecular weight excluding hydrogens is 901 g/mol. The van der Waals surface area contributed by atoms with Crippen molar-refractivity contribution in [2.75, 3.05) is 0 Å². The van der Waals surface area contributed by atoms with E-state index in [2.05, 4.69) is 173 Å². The van der Waals surface area contributed by atoms with Gasteiger partial charge in [0, 0.05) is 0 Å². The van der Waals surface area contributed by atoms with Crippen LogP contribution in [0.15, 0.2) is 180 Å². The van der Waals surface area contributed by atoms with Gasteiger partial charge in [-0.25, -0.2) is 0 Å². The Morgan fingerprint density at radius 3 is 1.35 bits per heavy atom. The molecule has 0 N–H and O–H groups in total. The predicted molar refractivity (Wildman–Crippen MR) is 227 cm³/mol. The number of hydrogen-bond acceptors (Lipinski definition) is 0. The summed E-state index contributed by atoms with van der Waals surface area (Å²) in [5, 5.41) is 4.89. The molecule has 4 unspecified atom stereocenters. The molecule has 0 fully saturated rings. The Bertz CT molecular complexity index is 2340. The monoisotopic (exact) mass is 942 g/mol. The summed E-state index contributed by atoms with van der Waals surface area (Å²) < 4.78 is -2.43. The number of hydrogen-bond donors (Lipinski definition) is 0. The quantitative estimate of drug-likeness (QED) is 0.133. The van der Waals surface area contributed by atoms with E-state index in [1.54, 1.807) is 0 Å². The van der Waals surface area contributed by atoms with Crippen LogP contribution in [0.2, 0.25) is 13.1 Å². The van der Waals surface area contributed by atoms with Crippen molar-refractivity contribution in [1.29, 1.82) is 0 Å². The van der Waals surface area contributed by atoms with Gasteiger partial charge in [-0.2, -0.15) is 0 Å². The maximum atomic E-state index is 8.67. The van der Waals surface area contributed by atoms with E-state index in [0.717, 1.165) is 35.1 Å². The third-order valence-electron chi connectivity index (χ3n) is 12.4. The molecule has 0 bridgehead atoms. The summed E-state index contributed by atoms with van der Waals surface area (Å²) in [6.07, 6.45) is 28.0. The average Bonchev–Trinajstić information content (AvgIpc) is 3.65. The molecule has 0 saturated carbocycles. The minimum atomic E-state index is -5.92. The maximum absolute atomic E-state index is 8.67. The van der Waals surface area contributed by atoms with E-state index in [-0.39, 0.29) is 0 Å². The predicted octanol–water partition coefficient (Wildman–Crippen LogP) is 14.1. The topological polar surface area (TPSA) is 0 Å². The molecule has 4 atom stereocenters. The van der Waals surface area contributed by atoms with Gasteiger partial charge in [0.2, 0.25) is 0 Å². The van der Waals surface area contributed by atoms with E-state index in [9.17, 15) is 0 Å². The standard InChI is InChI=1S/2C22H18Cl.C2H6Si.2ClH.Hf/c2*1-2-22(14-17-9-4-6-13-21(23)19(17)15-22)20-12-7-10-16-8-3-5-11-18(16)20;1-3-2;;;/h2*3-15H,2H2,1H3;1-2H3;2*1H;/q;;;;;+2/p-2. The molecule has 0 spiro atoms. The third-order valence-corrected chi connectivity index (χ3v) is 92.8. The van der Waals surface area contributed by atoms with Crippen molar-refractivity contribution in [3.05, 3.63) is 191 Å². The van der Waals surface area contributed by atoms with E-state index in [1.807, 2.05) is 12.2 Å². The first-order valence-corrected chi connectivity index (χ1v) is 39.4. The van der Waals surface area contributed by atoms with E-state index in [0.29, 0.717) is 0 Å². The van der Waals surface area contributed by atoms with Crippen LogP contribution in [-0.4, -0.2) is 10.8 Å². The van der Waals surface area contributed by atoms with E-state index in [4.69, 9.17) is 40.4 Å². The van der Waals surface area contributed by atoms with Gasteiger partial charge in [0.15, 0.2) is 0 Å². The van der Waals surface area contributed by atoms with Crippen molar-refractivity contribution >= 4 is 67.4 Å². The first-order chi connectivity index (χ1) is 24.9. The normalized spacial score (nSPS) is 28.2. The van der Waals surface area contributed by atoms with Crippen LogP contribution in [0.1, 0.15) is 37.8 Å². The van der Waals surface area contributed by atoms with Crippen LogP contribution in [0.5, 0.6) is 0 Å². The molecule has 52 heavy (non-hydrogen) atoms. The van der Waals surface area contributed by atoms with Crippen molar-refractivity contribution in [2.24, 2.45) is 0 Å². The molecule has 4 aliphatic rings. The fourth-order valence-corrected chi connectivity index (χ4v) is 57.7. The fourth-order valence-electron chi connectivity index (χ4n) is 9.38. The summed E-state index contributed by atoms with van der Waals surface area (Å²) in [6.45, 7) is 8.97. The van der Waals surface area contributed by atoms with Gasteiger partial charge in [-0.1, -0.05) is 0 Å². The molecule has 8 rings (SSSR count). The summed E-state index contributed by atoms with van der Waals surface area (Å²) in [5.41, 5.74) is 4.19. The van der Waals surface area contributed by atoms with Gasteiger partial charge in [-0.3, -0.25) is 0 Å². The number of benzene rings is 4. The van der Waals surface area contributed by atoms with Gasteiger partial charge in [0.1, 0.15) is 0 Å². The summed E-state index contributed by atoms with van der Waals surface area (Å²) in [7, 11) is 17.3. The van der Waals surface area contributed by atoms with Crippen molar-refractivity contribution in [3.8, 4) is 0 Å². The zero-order valence-electron chi connectivity index (χ0n) is 29.9. The molecule has 0 saturated heterocycles. The Morgan fingerprint density at radius 1 is 0.538 bits per heavy atom. The van der Waals surface area contributed by atoms with E-state index >= 15 is 0 Å². The van der Waals surface area contributed by atoms with E-state index in [1.165, 1.54) is 32.7 Å². The van der Waals surface area contributed by atoms with Gasteiger partial charge in [-0.15, -0.1) is 0 Å². The van der Waals surface area contributed by atoms with Crippen LogP contribution in [0.25, 0.3) is 21.5 Å². The second-order valence-electron chi connectivity index (χ2n) is 15.0. The molecule has 6 heteroatoms. The molecule has 262 valence electrons. The fraction of sp³-hybridized carbons (Fsp3) is 0.217. The number of alkyl halides is 2. The number of halogens is 4. The van der Waals surface area contributed by atoms with Crippen LogP contribution in [0.3, 0.4) is 0 Å². The van der Waals surface area contributed by atoms with Gasteiger partial charge in [0.25, 0.3) is 0 Å². The van der Waals surface area contributed by atoms with Crippen LogP contribution < -0.4 is 0 Å². The molecule has 4 aromatic carbocycles. The molecule has 0 radical (unpaired) electrons. The van der Waals surface area contributed by atoms with Crippen molar-refractivity contribution in [1.82, 2.24) is 0 Å². The summed E-state index contributed by atoms with van der Waals surface area (Å²) in [6, 6.07) is 30.4. The second-order valence-corrected chi connectivity index (χ2v) is 71.6. The molecule has 0 nitrogen and oxygen atoms in total. The third kappa shape index (κ3) is 4.87. The van der Waals surface area contributed by atoms with Crippen molar-refractivity contribution in [3.63, 3.8) is 0 Å².